The Bertz CT molecular complexity index is 639. The quantitative estimate of drug-likeness (QED) is 0.762. The molecule has 2 unspecified atom stereocenters. The molecule has 2 aliphatic rings. The highest BCUT2D eigenvalue weighted by molar-refractivity contribution is 5.33. The largest absolute Gasteiger partial charge is 0.483 e. The van der Waals surface area contributed by atoms with E-state index in [4.69, 9.17) is 25.1 Å². The van der Waals surface area contributed by atoms with Crippen molar-refractivity contribution >= 4 is 12.9 Å². The Morgan fingerprint density at radius 1 is 1.04 bits per heavy atom. The van der Waals surface area contributed by atoms with Crippen molar-refractivity contribution in [1.82, 2.24) is 9.80 Å². The first-order valence-electron chi connectivity index (χ1n) is 9.41. The summed E-state index contributed by atoms with van der Waals surface area (Å²) in [4.78, 5) is 21.6. The number of rotatable bonds is 4. The van der Waals surface area contributed by atoms with Gasteiger partial charge in [0.15, 0.2) is 0 Å². The Kier molecular flexibility index (Phi) is 10.2. The molecule has 0 spiro atoms. The molecule has 4 atom stereocenters. The lowest BCUT2D eigenvalue weighted by atomic mass is 10.0. The van der Waals surface area contributed by atoms with Crippen LogP contribution < -0.4 is 0 Å². The molecule has 154 valence electrons. The van der Waals surface area contributed by atoms with Gasteiger partial charge >= 0.3 is 0 Å². The van der Waals surface area contributed by atoms with Gasteiger partial charge in [0.05, 0.1) is 11.6 Å². The summed E-state index contributed by atoms with van der Waals surface area (Å²) in [5.41, 5.74) is 2.02. The fourth-order valence-corrected chi connectivity index (χ4v) is 4.49. The zero-order valence-corrected chi connectivity index (χ0v) is 16.9. The minimum absolute atomic E-state index is 0.250. The Labute approximate surface area is 167 Å². The van der Waals surface area contributed by atoms with E-state index >= 15 is 0 Å². The average molecular weight is 389 g/mol. The van der Waals surface area contributed by atoms with Gasteiger partial charge in [0, 0.05) is 18.6 Å². The zero-order valence-electron chi connectivity index (χ0n) is 16.9. The maximum atomic E-state index is 9.02. The van der Waals surface area contributed by atoms with Crippen molar-refractivity contribution < 1.29 is 19.8 Å². The Morgan fingerprint density at radius 2 is 1.54 bits per heavy atom. The molecular weight excluding hydrogens is 358 g/mol. The van der Waals surface area contributed by atoms with Gasteiger partial charge < -0.3 is 15.1 Å². The van der Waals surface area contributed by atoms with Gasteiger partial charge in [0.2, 0.25) is 0 Å². The third kappa shape index (κ3) is 6.95. The normalized spacial score (nSPS) is 25.0. The van der Waals surface area contributed by atoms with Crippen molar-refractivity contribution in [3.8, 4) is 6.07 Å². The molecule has 0 aliphatic heterocycles. The number of nitriles is 1. The second kappa shape index (κ2) is 12.1. The van der Waals surface area contributed by atoms with Gasteiger partial charge in [-0.15, -0.1) is 0 Å². The molecule has 0 aromatic heterocycles. The van der Waals surface area contributed by atoms with E-state index in [9.17, 15) is 0 Å². The van der Waals surface area contributed by atoms with Gasteiger partial charge in [-0.25, -0.2) is 0 Å². The summed E-state index contributed by atoms with van der Waals surface area (Å²) in [5, 5.41) is 22.8. The molecular formula is C21H31N3O4. The summed E-state index contributed by atoms with van der Waals surface area (Å²) in [6.45, 7) is 0.455. The minimum Gasteiger partial charge on any atom is -0.483 e. The summed E-state index contributed by atoms with van der Waals surface area (Å²) in [6.07, 6.45) is 5.46. The number of benzene rings is 1. The highest BCUT2D eigenvalue weighted by Crippen LogP contribution is 2.46. The van der Waals surface area contributed by atoms with E-state index in [1.165, 1.54) is 31.2 Å². The topological polar surface area (TPSA) is 105 Å². The van der Waals surface area contributed by atoms with Gasteiger partial charge in [-0.3, -0.25) is 14.5 Å². The highest BCUT2D eigenvalue weighted by atomic mass is 16.3. The second-order valence-electron chi connectivity index (χ2n) is 7.67. The van der Waals surface area contributed by atoms with Crippen molar-refractivity contribution in [3.05, 3.63) is 35.4 Å². The summed E-state index contributed by atoms with van der Waals surface area (Å²) in [5.74, 6) is 1.84. The van der Waals surface area contributed by atoms with E-state index in [1.807, 2.05) is 18.2 Å². The van der Waals surface area contributed by atoms with Crippen LogP contribution >= 0.6 is 0 Å². The number of fused-ring (bicyclic) bond motifs is 1. The smallest absolute Gasteiger partial charge is 0.290 e. The molecule has 7 heteroatoms. The number of nitrogens with zero attached hydrogens (tertiary/aromatic N) is 3. The fourth-order valence-electron chi connectivity index (χ4n) is 4.49. The second-order valence-corrected chi connectivity index (χ2v) is 7.67. The van der Waals surface area contributed by atoms with Crippen molar-refractivity contribution in [1.29, 1.82) is 5.26 Å². The van der Waals surface area contributed by atoms with Crippen LogP contribution in [0.5, 0.6) is 0 Å². The summed E-state index contributed by atoms with van der Waals surface area (Å²) in [7, 11) is 6.68. The Morgan fingerprint density at radius 3 is 2.00 bits per heavy atom. The summed E-state index contributed by atoms with van der Waals surface area (Å²) in [6, 6.07) is 11.8. The number of carboxylic acid groups (broad SMARTS) is 2. The fraction of sp³-hybridized carbons (Fsp3) is 0.571. The molecule has 2 aliphatic carbocycles. The first-order chi connectivity index (χ1) is 13.4. The van der Waals surface area contributed by atoms with Crippen LogP contribution in [0.25, 0.3) is 0 Å². The van der Waals surface area contributed by atoms with E-state index in [-0.39, 0.29) is 12.9 Å². The molecule has 28 heavy (non-hydrogen) atoms. The van der Waals surface area contributed by atoms with Crippen LogP contribution in [0.3, 0.4) is 0 Å². The maximum Gasteiger partial charge on any atom is 0.290 e. The van der Waals surface area contributed by atoms with E-state index in [2.05, 4.69) is 43.1 Å². The van der Waals surface area contributed by atoms with Gasteiger partial charge in [0.1, 0.15) is 0 Å². The molecule has 0 amide bonds. The molecule has 2 N–H and O–H groups in total. The standard InChI is InChI=1S/C19H27N3.2CH2O2/c1-21(2)18-8-16-10-19(11-17(16)9-18)22(3)13-15-6-4-5-14(7-15)12-20;2*2-1-3/h4-7,16-19H,8-11,13H2,1-3H3;2*1H,(H,2,3)/t16-,17+,18?,19?;;. The van der Waals surface area contributed by atoms with Gasteiger partial charge in [-0.05, 0) is 76.4 Å². The van der Waals surface area contributed by atoms with Crippen LogP contribution in [-0.4, -0.2) is 66.2 Å². The van der Waals surface area contributed by atoms with Crippen molar-refractivity contribution in [2.45, 2.75) is 44.3 Å². The molecule has 2 saturated carbocycles. The van der Waals surface area contributed by atoms with Crippen molar-refractivity contribution in [3.63, 3.8) is 0 Å². The highest BCUT2D eigenvalue weighted by Gasteiger charge is 2.43. The third-order valence-corrected chi connectivity index (χ3v) is 5.81. The van der Waals surface area contributed by atoms with Gasteiger partial charge in [0.25, 0.3) is 12.9 Å². The maximum absolute atomic E-state index is 9.02. The number of hydrogen-bond acceptors (Lipinski definition) is 5. The van der Waals surface area contributed by atoms with E-state index in [1.54, 1.807) is 0 Å². The molecule has 3 rings (SSSR count). The zero-order chi connectivity index (χ0) is 21.1. The summed E-state index contributed by atoms with van der Waals surface area (Å²) < 4.78 is 0. The van der Waals surface area contributed by atoms with Crippen LogP contribution in [-0.2, 0) is 16.1 Å². The minimum atomic E-state index is -0.250. The van der Waals surface area contributed by atoms with E-state index in [0.29, 0.717) is 6.04 Å². The number of carbonyl (C=O) groups is 2. The average Bonchev–Trinajstić information content (AvgIpc) is 3.22. The molecule has 2 fully saturated rings. The van der Waals surface area contributed by atoms with Crippen LogP contribution in [0.4, 0.5) is 0 Å². The van der Waals surface area contributed by atoms with Crippen LogP contribution in [0.15, 0.2) is 24.3 Å². The lowest BCUT2D eigenvalue weighted by Gasteiger charge is -2.27. The monoisotopic (exact) mass is 389 g/mol. The molecule has 0 radical (unpaired) electrons. The van der Waals surface area contributed by atoms with Crippen molar-refractivity contribution in [2.75, 3.05) is 21.1 Å². The van der Waals surface area contributed by atoms with Gasteiger partial charge in [-0.2, -0.15) is 5.26 Å². The van der Waals surface area contributed by atoms with Crippen LogP contribution in [0, 0.1) is 23.2 Å². The molecule has 0 bridgehead atoms. The SMILES string of the molecule is CN(C)C1C[C@@H]2CC(N(C)Cc3cccc(C#N)c3)C[C@@H]2C1.O=CO.O=CO. The lowest BCUT2D eigenvalue weighted by molar-refractivity contribution is -0.123. The van der Waals surface area contributed by atoms with Gasteiger partial charge in [-0.1, -0.05) is 12.1 Å². The molecule has 0 heterocycles. The Hall–Kier alpha value is -2.43. The van der Waals surface area contributed by atoms with Crippen LogP contribution in [0.2, 0.25) is 0 Å². The summed E-state index contributed by atoms with van der Waals surface area (Å²) >= 11 is 0. The molecule has 7 nitrogen and oxygen atoms in total. The molecule has 1 aromatic rings. The van der Waals surface area contributed by atoms with Crippen molar-refractivity contribution in [2.24, 2.45) is 11.8 Å². The third-order valence-electron chi connectivity index (χ3n) is 5.81. The first kappa shape index (κ1) is 23.6. The van der Waals surface area contributed by atoms with Crippen LogP contribution in [0.1, 0.15) is 36.8 Å². The molecule has 1 aromatic carbocycles. The first-order valence-corrected chi connectivity index (χ1v) is 9.41. The molecule has 0 saturated heterocycles. The van der Waals surface area contributed by atoms with E-state index < -0.39 is 0 Å². The van der Waals surface area contributed by atoms with E-state index in [0.717, 1.165) is 30.0 Å². The lowest BCUT2D eigenvalue weighted by Crippen LogP contribution is -2.31. The Balaban J connectivity index is 0.000000582. The predicted molar refractivity (Wildman–Crippen MR) is 107 cm³/mol. The number of hydrogen-bond donors (Lipinski definition) is 2. The predicted octanol–water partition coefficient (Wildman–Crippen LogP) is 2.51.